The lowest BCUT2D eigenvalue weighted by molar-refractivity contribution is 0.0684. The Morgan fingerprint density at radius 1 is 0.750 bits per heavy atom. The Morgan fingerprint density at radius 2 is 1.33 bits per heavy atom. The highest BCUT2D eigenvalue weighted by Crippen LogP contribution is 2.42. The largest absolute Gasteiger partial charge is 0.478 e. The molecule has 0 unspecified atom stereocenters. The van der Waals surface area contributed by atoms with E-state index in [1.165, 1.54) is 12.1 Å². The summed E-state index contributed by atoms with van der Waals surface area (Å²) in [5.41, 5.74) is 3.81. The molecular weight excluding hydrogens is 456 g/mol. The molecule has 0 radical (unpaired) electrons. The smallest absolute Gasteiger partial charge is 0.336 e. The first kappa shape index (κ1) is 27.6. The third-order valence-corrected chi connectivity index (χ3v) is 7.37. The molecule has 0 saturated heterocycles. The van der Waals surface area contributed by atoms with Crippen molar-refractivity contribution in [3.63, 3.8) is 0 Å². The van der Waals surface area contributed by atoms with Gasteiger partial charge in [0.1, 0.15) is 0 Å². The van der Waals surface area contributed by atoms with Crippen LogP contribution in [0.3, 0.4) is 0 Å². The van der Waals surface area contributed by atoms with Crippen LogP contribution in [0.5, 0.6) is 0 Å². The summed E-state index contributed by atoms with van der Waals surface area (Å²) in [4.78, 5) is 42.3. The van der Waals surface area contributed by atoms with Gasteiger partial charge >= 0.3 is 11.9 Å². The number of nitrogens with zero attached hydrogens (tertiary/aromatic N) is 2. The van der Waals surface area contributed by atoms with Crippen LogP contribution in [0.4, 0.5) is 0 Å². The van der Waals surface area contributed by atoms with E-state index in [1.807, 2.05) is 6.07 Å². The second-order valence-electron chi connectivity index (χ2n) is 9.27. The Hall–Kier alpha value is -3.03. The fourth-order valence-corrected chi connectivity index (χ4v) is 5.27. The van der Waals surface area contributed by atoms with Crippen molar-refractivity contribution in [3.05, 3.63) is 57.6 Å². The van der Waals surface area contributed by atoms with E-state index in [9.17, 15) is 24.6 Å². The zero-order chi connectivity index (χ0) is 26.4. The van der Waals surface area contributed by atoms with Gasteiger partial charge in [-0.05, 0) is 105 Å². The molecular formula is C29H38N2O5. The van der Waals surface area contributed by atoms with Gasteiger partial charge in [0.15, 0.2) is 5.78 Å². The molecule has 2 aromatic rings. The van der Waals surface area contributed by atoms with E-state index < -0.39 is 11.9 Å². The van der Waals surface area contributed by atoms with Gasteiger partial charge < -0.3 is 20.0 Å². The molecule has 1 aliphatic rings. The molecule has 194 valence electrons. The van der Waals surface area contributed by atoms with E-state index in [0.29, 0.717) is 35.1 Å². The minimum atomic E-state index is -1.09. The molecule has 7 nitrogen and oxygen atoms in total. The molecule has 1 aliphatic carbocycles. The van der Waals surface area contributed by atoms with Gasteiger partial charge in [-0.25, -0.2) is 9.59 Å². The van der Waals surface area contributed by atoms with Crippen LogP contribution in [0.15, 0.2) is 24.3 Å². The van der Waals surface area contributed by atoms with Gasteiger partial charge in [0.2, 0.25) is 0 Å². The summed E-state index contributed by atoms with van der Waals surface area (Å²) in [6.07, 6.45) is 2.64. The number of fused-ring (bicyclic) bond motifs is 3. The first-order chi connectivity index (χ1) is 17.3. The van der Waals surface area contributed by atoms with Crippen LogP contribution in [0.25, 0.3) is 11.1 Å². The SMILES string of the molecule is CCN(CC)CCCc1cc2c(c(CCCN(CC)CC)c1C(=O)O)C(=O)c1cc(C(=O)O)ccc1-2. The number of aryl methyl sites for hydroxylation is 1. The fraction of sp³-hybridized carbons (Fsp3) is 0.483. The minimum Gasteiger partial charge on any atom is -0.478 e. The number of rotatable bonds is 14. The van der Waals surface area contributed by atoms with Crippen molar-refractivity contribution in [2.75, 3.05) is 39.3 Å². The third kappa shape index (κ3) is 5.68. The zero-order valence-corrected chi connectivity index (χ0v) is 21.9. The molecule has 36 heavy (non-hydrogen) atoms. The molecule has 0 saturated carbocycles. The molecule has 3 rings (SSSR count). The molecule has 7 heteroatoms. The fourth-order valence-electron chi connectivity index (χ4n) is 5.27. The molecule has 0 spiro atoms. The first-order valence-electron chi connectivity index (χ1n) is 13.1. The van der Waals surface area contributed by atoms with Crippen molar-refractivity contribution < 1.29 is 24.6 Å². The zero-order valence-electron chi connectivity index (χ0n) is 21.9. The summed E-state index contributed by atoms with van der Waals surface area (Å²) in [6.45, 7) is 13.8. The van der Waals surface area contributed by atoms with Crippen molar-refractivity contribution in [1.82, 2.24) is 9.80 Å². The highest BCUT2D eigenvalue weighted by molar-refractivity contribution is 6.24. The average molecular weight is 495 g/mol. The predicted molar refractivity (Wildman–Crippen MR) is 141 cm³/mol. The van der Waals surface area contributed by atoms with Gasteiger partial charge in [0.05, 0.1) is 11.1 Å². The average Bonchev–Trinajstić information content (AvgIpc) is 3.15. The Bertz CT molecular complexity index is 1130. The standard InChI is InChI=1S/C29H38N2O5/c1-5-30(6-2)15-9-11-19-17-23-21-14-13-20(28(33)34)18-24(21)27(32)26(23)22(25(19)29(35)36)12-10-16-31(7-3)8-4/h13-14,17-18H,5-12,15-16H2,1-4H3,(H,33,34)(H,35,36). The number of carbonyl (C=O) groups is 3. The second-order valence-corrected chi connectivity index (χ2v) is 9.27. The van der Waals surface area contributed by atoms with E-state index in [0.717, 1.165) is 63.2 Å². The van der Waals surface area contributed by atoms with Crippen LogP contribution in [-0.4, -0.2) is 77.0 Å². The van der Waals surface area contributed by atoms with E-state index >= 15 is 0 Å². The van der Waals surface area contributed by atoms with E-state index in [2.05, 4.69) is 37.5 Å². The van der Waals surface area contributed by atoms with Gasteiger partial charge in [-0.1, -0.05) is 33.8 Å². The summed E-state index contributed by atoms with van der Waals surface area (Å²) >= 11 is 0. The first-order valence-corrected chi connectivity index (χ1v) is 13.1. The molecule has 2 N–H and O–H groups in total. The number of aromatic carboxylic acids is 2. The molecule has 0 fully saturated rings. The Morgan fingerprint density at radius 3 is 1.86 bits per heavy atom. The lowest BCUT2D eigenvalue weighted by Gasteiger charge is -2.21. The lowest BCUT2D eigenvalue weighted by atomic mass is 9.87. The summed E-state index contributed by atoms with van der Waals surface area (Å²) in [7, 11) is 0. The van der Waals surface area contributed by atoms with Crippen molar-refractivity contribution in [3.8, 4) is 11.1 Å². The quantitative estimate of drug-likeness (QED) is 0.331. The molecule has 2 aromatic carbocycles. The van der Waals surface area contributed by atoms with Gasteiger partial charge in [-0.3, -0.25) is 4.79 Å². The highest BCUT2D eigenvalue weighted by Gasteiger charge is 2.34. The number of hydrogen-bond acceptors (Lipinski definition) is 5. The summed E-state index contributed by atoms with van der Waals surface area (Å²) in [5, 5.41) is 19.7. The van der Waals surface area contributed by atoms with Gasteiger partial charge in [0, 0.05) is 11.1 Å². The van der Waals surface area contributed by atoms with Crippen LogP contribution < -0.4 is 0 Å². The molecule has 0 atom stereocenters. The summed E-state index contributed by atoms with van der Waals surface area (Å²) in [6, 6.07) is 6.47. The van der Waals surface area contributed by atoms with Crippen molar-refractivity contribution in [1.29, 1.82) is 0 Å². The minimum absolute atomic E-state index is 0.0518. The topological polar surface area (TPSA) is 98.2 Å². The maximum Gasteiger partial charge on any atom is 0.336 e. The van der Waals surface area contributed by atoms with E-state index in [1.54, 1.807) is 6.07 Å². The van der Waals surface area contributed by atoms with Crippen molar-refractivity contribution in [2.24, 2.45) is 0 Å². The maximum absolute atomic E-state index is 13.6. The van der Waals surface area contributed by atoms with Crippen molar-refractivity contribution >= 4 is 17.7 Å². The van der Waals surface area contributed by atoms with Crippen LogP contribution in [0, 0.1) is 0 Å². The van der Waals surface area contributed by atoms with Crippen LogP contribution in [0.1, 0.15) is 88.3 Å². The number of carboxylic acids is 2. The van der Waals surface area contributed by atoms with E-state index in [-0.39, 0.29) is 16.9 Å². The highest BCUT2D eigenvalue weighted by atomic mass is 16.4. The normalized spacial score (nSPS) is 12.3. The lowest BCUT2D eigenvalue weighted by Crippen LogP contribution is -2.25. The second kappa shape index (κ2) is 12.3. The number of carboxylic acid groups (broad SMARTS) is 2. The number of hydrogen-bond donors (Lipinski definition) is 2. The molecule has 0 heterocycles. The molecule has 0 bridgehead atoms. The van der Waals surface area contributed by atoms with E-state index in [4.69, 9.17) is 0 Å². The van der Waals surface area contributed by atoms with Crippen LogP contribution >= 0.6 is 0 Å². The van der Waals surface area contributed by atoms with Gasteiger partial charge in [0.25, 0.3) is 0 Å². The Kier molecular flexibility index (Phi) is 9.40. The molecule has 0 aromatic heterocycles. The van der Waals surface area contributed by atoms with Crippen LogP contribution in [0.2, 0.25) is 0 Å². The summed E-state index contributed by atoms with van der Waals surface area (Å²) < 4.78 is 0. The molecule has 0 amide bonds. The Balaban J connectivity index is 2.09. The molecule has 0 aliphatic heterocycles. The van der Waals surface area contributed by atoms with Gasteiger partial charge in [-0.2, -0.15) is 0 Å². The number of ketones is 1. The van der Waals surface area contributed by atoms with Crippen LogP contribution in [-0.2, 0) is 12.8 Å². The third-order valence-electron chi connectivity index (χ3n) is 7.37. The maximum atomic E-state index is 13.6. The van der Waals surface area contributed by atoms with Gasteiger partial charge in [-0.15, -0.1) is 0 Å². The van der Waals surface area contributed by atoms with Crippen molar-refractivity contribution in [2.45, 2.75) is 53.4 Å². The summed E-state index contributed by atoms with van der Waals surface area (Å²) in [5.74, 6) is -2.38. The monoisotopic (exact) mass is 494 g/mol. The number of carbonyl (C=O) groups excluding carboxylic acids is 1. The Labute approximate surface area is 213 Å². The number of benzene rings is 2. The predicted octanol–water partition coefficient (Wildman–Crippen LogP) is 4.84.